The van der Waals surface area contributed by atoms with Gasteiger partial charge in [0.2, 0.25) is 0 Å². The van der Waals surface area contributed by atoms with Crippen molar-refractivity contribution < 1.29 is 4.79 Å². The number of nitrogens with zero attached hydrogens (tertiary/aromatic N) is 4. The highest BCUT2D eigenvalue weighted by Gasteiger charge is 2.17. The number of hydrogen-bond acceptors (Lipinski definition) is 5. The molecule has 0 unspecified atom stereocenters. The molecule has 1 amide bonds. The number of nitrogens with one attached hydrogen (secondary N) is 1. The van der Waals surface area contributed by atoms with E-state index in [2.05, 4.69) is 20.7 Å². The molecule has 0 saturated carbocycles. The van der Waals surface area contributed by atoms with Crippen LogP contribution in [0.3, 0.4) is 0 Å². The van der Waals surface area contributed by atoms with Crippen molar-refractivity contribution in [1.82, 2.24) is 20.2 Å². The SMILES string of the molecule is Cc1ccc(C=NNC(=O)CSc2nnc(-c3ccc(Cl)cc3)n2-c2ccccc2)cc1. The maximum Gasteiger partial charge on any atom is 0.250 e. The Kier molecular flexibility index (Phi) is 6.99. The van der Waals surface area contributed by atoms with E-state index in [9.17, 15) is 4.79 Å². The minimum Gasteiger partial charge on any atom is -0.272 e. The molecule has 3 aromatic carbocycles. The van der Waals surface area contributed by atoms with Crippen LogP contribution in [-0.2, 0) is 4.79 Å². The van der Waals surface area contributed by atoms with Gasteiger partial charge in [-0.25, -0.2) is 5.43 Å². The quantitative estimate of drug-likeness (QED) is 0.235. The molecule has 32 heavy (non-hydrogen) atoms. The van der Waals surface area contributed by atoms with Gasteiger partial charge in [0.25, 0.3) is 5.91 Å². The second-order valence-electron chi connectivity index (χ2n) is 6.98. The lowest BCUT2D eigenvalue weighted by atomic mass is 10.2. The fourth-order valence-corrected chi connectivity index (χ4v) is 3.82. The largest absolute Gasteiger partial charge is 0.272 e. The fourth-order valence-electron chi connectivity index (χ4n) is 2.95. The van der Waals surface area contributed by atoms with Gasteiger partial charge in [0.15, 0.2) is 11.0 Å². The molecule has 0 aliphatic carbocycles. The van der Waals surface area contributed by atoms with E-state index in [0.717, 1.165) is 16.8 Å². The number of hydrogen-bond donors (Lipinski definition) is 1. The summed E-state index contributed by atoms with van der Waals surface area (Å²) in [4.78, 5) is 12.3. The first-order valence-corrected chi connectivity index (χ1v) is 11.2. The topological polar surface area (TPSA) is 72.2 Å². The summed E-state index contributed by atoms with van der Waals surface area (Å²) in [5.74, 6) is 0.596. The van der Waals surface area contributed by atoms with Gasteiger partial charge >= 0.3 is 0 Å². The van der Waals surface area contributed by atoms with Crippen molar-refractivity contribution in [3.8, 4) is 17.1 Å². The molecule has 6 nitrogen and oxygen atoms in total. The van der Waals surface area contributed by atoms with Crippen LogP contribution in [0.4, 0.5) is 0 Å². The zero-order valence-electron chi connectivity index (χ0n) is 17.3. The van der Waals surface area contributed by atoms with Gasteiger partial charge in [0, 0.05) is 16.3 Å². The minimum atomic E-state index is -0.228. The van der Waals surface area contributed by atoms with Gasteiger partial charge in [-0.2, -0.15) is 5.10 Å². The highest BCUT2D eigenvalue weighted by Crippen LogP contribution is 2.28. The van der Waals surface area contributed by atoms with Crippen LogP contribution in [0.25, 0.3) is 17.1 Å². The Hall–Kier alpha value is -3.42. The number of halogens is 1. The summed E-state index contributed by atoms with van der Waals surface area (Å²) >= 11 is 7.32. The number of aryl methyl sites for hydroxylation is 1. The van der Waals surface area contributed by atoms with Crippen molar-refractivity contribution in [2.45, 2.75) is 12.1 Å². The van der Waals surface area contributed by atoms with E-state index >= 15 is 0 Å². The Morgan fingerprint density at radius 1 is 1.03 bits per heavy atom. The molecule has 1 heterocycles. The van der Waals surface area contributed by atoms with E-state index in [-0.39, 0.29) is 11.7 Å². The lowest BCUT2D eigenvalue weighted by Gasteiger charge is -2.10. The fraction of sp³-hybridized carbons (Fsp3) is 0.0833. The number of benzene rings is 3. The molecule has 0 aliphatic rings. The third kappa shape index (κ3) is 5.43. The number of para-hydroxylation sites is 1. The summed E-state index contributed by atoms with van der Waals surface area (Å²) in [5, 5.41) is 14.0. The summed E-state index contributed by atoms with van der Waals surface area (Å²) in [6.45, 7) is 2.02. The van der Waals surface area contributed by atoms with Crippen LogP contribution < -0.4 is 5.43 Å². The van der Waals surface area contributed by atoms with Crippen LogP contribution >= 0.6 is 23.4 Å². The van der Waals surface area contributed by atoms with E-state index in [4.69, 9.17) is 11.6 Å². The highest BCUT2D eigenvalue weighted by atomic mass is 35.5. The van der Waals surface area contributed by atoms with Crippen molar-refractivity contribution in [3.05, 3.63) is 95.0 Å². The number of thioether (sulfide) groups is 1. The molecule has 160 valence electrons. The number of rotatable bonds is 7. The van der Waals surface area contributed by atoms with Crippen LogP contribution in [0.5, 0.6) is 0 Å². The van der Waals surface area contributed by atoms with Gasteiger partial charge in [-0.1, -0.05) is 71.4 Å². The summed E-state index contributed by atoms with van der Waals surface area (Å²) in [6.07, 6.45) is 1.62. The highest BCUT2D eigenvalue weighted by molar-refractivity contribution is 7.99. The molecular formula is C24H20ClN5OS. The van der Waals surface area contributed by atoms with Crippen LogP contribution in [0.1, 0.15) is 11.1 Å². The summed E-state index contributed by atoms with van der Waals surface area (Å²) in [6, 6.07) is 25.1. The Balaban J connectivity index is 1.49. The number of aromatic nitrogens is 3. The average Bonchev–Trinajstić information content (AvgIpc) is 3.24. The lowest BCUT2D eigenvalue weighted by molar-refractivity contribution is -0.118. The Bertz CT molecular complexity index is 1220. The third-order valence-corrected chi connectivity index (χ3v) is 5.74. The van der Waals surface area contributed by atoms with E-state index in [1.807, 2.05) is 90.4 Å². The van der Waals surface area contributed by atoms with Crippen molar-refractivity contribution >= 4 is 35.5 Å². The van der Waals surface area contributed by atoms with Crippen LogP contribution in [0, 0.1) is 6.92 Å². The molecule has 0 bridgehead atoms. The monoisotopic (exact) mass is 461 g/mol. The van der Waals surface area contributed by atoms with Gasteiger partial charge in [0.1, 0.15) is 0 Å². The molecule has 0 radical (unpaired) electrons. The van der Waals surface area contributed by atoms with Crippen molar-refractivity contribution in [1.29, 1.82) is 0 Å². The smallest absolute Gasteiger partial charge is 0.250 e. The van der Waals surface area contributed by atoms with E-state index in [1.54, 1.807) is 6.21 Å². The van der Waals surface area contributed by atoms with Crippen LogP contribution in [0.2, 0.25) is 5.02 Å². The minimum absolute atomic E-state index is 0.150. The van der Waals surface area contributed by atoms with Crippen LogP contribution in [-0.4, -0.2) is 32.6 Å². The molecule has 0 saturated heterocycles. The van der Waals surface area contributed by atoms with Gasteiger partial charge < -0.3 is 0 Å². The third-order valence-electron chi connectivity index (χ3n) is 4.56. The van der Waals surface area contributed by atoms with Crippen LogP contribution in [0.15, 0.2) is 89.1 Å². The predicted molar refractivity (Wildman–Crippen MR) is 129 cm³/mol. The first-order valence-electron chi connectivity index (χ1n) is 9.88. The molecule has 1 N–H and O–H groups in total. The van der Waals surface area contributed by atoms with Crippen molar-refractivity contribution in [3.63, 3.8) is 0 Å². The molecule has 0 atom stereocenters. The Morgan fingerprint density at radius 2 is 1.75 bits per heavy atom. The summed E-state index contributed by atoms with van der Waals surface area (Å²) < 4.78 is 1.93. The molecule has 0 fully saturated rings. The molecule has 4 aromatic rings. The Labute approximate surface area is 195 Å². The molecule has 8 heteroatoms. The van der Waals surface area contributed by atoms with Gasteiger partial charge in [-0.15, -0.1) is 10.2 Å². The second kappa shape index (κ2) is 10.3. The lowest BCUT2D eigenvalue weighted by Crippen LogP contribution is -2.20. The average molecular weight is 462 g/mol. The second-order valence-corrected chi connectivity index (χ2v) is 8.36. The maximum atomic E-state index is 12.3. The normalized spacial score (nSPS) is 11.1. The summed E-state index contributed by atoms with van der Waals surface area (Å²) in [5.41, 5.74) is 6.43. The van der Waals surface area contributed by atoms with Crippen molar-refractivity contribution in [2.75, 3.05) is 5.75 Å². The van der Waals surface area contributed by atoms with Gasteiger partial charge in [0.05, 0.1) is 12.0 Å². The van der Waals surface area contributed by atoms with E-state index in [1.165, 1.54) is 17.3 Å². The first-order chi connectivity index (χ1) is 15.6. The predicted octanol–water partition coefficient (Wildman–Crippen LogP) is 5.14. The van der Waals surface area contributed by atoms with Gasteiger partial charge in [-0.3, -0.25) is 9.36 Å². The standard InChI is InChI=1S/C24H20ClN5OS/c1-17-7-9-18(10-8-17)15-26-27-22(31)16-32-24-29-28-23(19-11-13-20(25)14-12-19)30(24)21-5-3-2-4-6-21/h2-15H,16H2,1H3,(H,27,31). The Morgan fingerprint density at radius 3 is 2.47 bits per heavy atom. The van der Waals surface area contributed by atoms with Gasteiger partial charge in [-0.05, 0) is 48.9 Å². The number of amides is 1. The molecule has 0 aliphatic heterocycles. The first kappa shape index (κ1) is 21.8. The maximum absolute atomic E-state index is 12.3. The number of carbonyl (C=O) groups excluding carboxylic acids is 1. The molecule has 0 spiro atoms. The number of hydrazone groups is 1. The summed E-state index contributed by atoms with van der Waals surface area (Å²) in [7, 11) is 0. The molecule has 1 aromatic heterocycles. The zero-order chi connectivity index (χ0) is 22.3. The zero-order valence-corrected chi connectivity index (χ0v) is 18.8. The van der Waals surface area contributed by atoms with E-state index < -0.39 is 0 Å². The number of carbonyl (C=O) groups is 1. The molecule has 4 rings (SSSR count). The van der Waals surface area contributed by atoms with E-state index in [0.29, 0.717) is 16.0 Å². The molecular weight excluding hydrogens is 442 g/mol. The van der Waals surface area contributed by atoms with Crippen molar-refractivity contribution in [2.24, 2.45) is 5.10 Å².